The first-order chi connectivity index (χ1) is 8.90. The van der Waals surface area contributed by atoms with E-state index in [4.69, 9.17) is 5.11 Å². The van der Waals surface area contributed by atoms with Crippen molar-refractivity contribution in [3.05, 3.63) is 41.7 Å². The van der Waals surface area contributed by atoms with Crippen molar-refractivity contribution in [2.75, 3.05) is 0 Å². The number of amides is 1. The molecule has 4 nitrogen and oxygen atoms in total. The molecule has 0 saturated carbocycles. The van der Waals surface area contributed by atoms with Crippen molar-refractivity contribution in [1.29, 1.82) is 0 Å². The molecule has 0 aliphatic carbocycles. The Hall–Kier alpha value is -2.17. The van der Waals surface area contributed by atoms with Crippen LogP contribution in [0, 0.1) is 11.7 Å². The monoisotopic (exact) mass is 265 g/mol. The zero-order chi connectivity index (χ0) is 14.4. The van der Waals surface area contributed by atoms with E-state index in [-0.39, 0.29) is 11.7 Å². The van der Waals surface area contributed by atoms with Gasteiger partial charge in [0.05, 0.1) is 0 Å². The minimum absolute atomic E-state index is 0.208. The summed E-state index contributed by atoms with van der Waals surface area (Å²) in [7, 11) is 0. The van der Waals surface area contributed by atoms with Gasteiger partial charge in [-0.3, -0.25) is 4.79 Å². The molecule has 1 rings (SSSR count). The standard InChI is InChI=1S/C14H16FNO3/c1-9(2)13(14(18)19)16-12(17)8-5-10-3-6-11(15)7-4-10/h3-9,13H,1-2H3,(H,16,17)(H,18,19)/b8-5+/t13-/m1/s1. The molecule has 0 aliphatic rings. The van der Waals surface area contributed by atoms with Gasteiger partial charge in [-0.1, -0.05) is 26.0 Å². The molecule has 1 aromatic rings. The molecule has 0 radical (unpaired) electrons. The number of benzene rings is 1. The van der Waals surface area contributed by atoms with Gasteiger partial charge in [-0.05, 0) is 29.7 Å². The van der Waals surface area contributed by atoms with Crippen LogP contribution in [-0.4, -0.2) is 23.0 Å². The van der Waals surface area contributed by atoms with Crippen LogP contribution >= 0.6 is 0 Å². The maximum atomic E-state index is 12.7. The van der Waals surface area contributed by atoms with E-state index in [1.165, 1.54) is 36.4 Å². The average Bonchev–Trinajstić information content (AvgIpc) is 2.34. The van der Waals surface area contributed by atoms with E-state index >= 15 is 0 Å². The van der Waals surface area contributed by atoms with Gasteiger partial charge in [0, 0.05) is 6.08 Å². The fourth-order valence-electron chi connectivity index (χ4n) is 1.46. The van der Waals surface area contributed by atoms with E-state index < -0.39 is 17.9 Å². The van der Waals surface area contributed by atoms with Crippen molar-refractivity contribution in [1.82, 2.24) is 5.32 Å². The van der Waals surface area contributed by atoms with Gasteiger partial charge >= 0.3 is 5.97 Å². The predicted octanol–water partition coefficient (Wildman–Crippen LogP) is 2.06. The molecule has 0 unspecified atom stereocenters. The van der Waals surface area contributed by atoms with Crippen molar-refractivity contribution in [3.63, 3.8) is 0 Å². The minimum Gasteiger partial charge on any atom is -0.480 e. The van der Waals surface area contributed by atoms with E-state index in [9.17, 15) is 14.0 Å². The number of halogens is 1. The van der Waals surface area contributed by atoms with Crippen molar-refractivity contribution < 1.29 is 19.1 Å². The Morgan fingerprint density at radius 1 is 1.26 bits per heavy atom. The van der Waals surface area contributed by atoms with Crippen molar-refractivity contribution >= 4 is 18.0 Å². The molecule has 5 heteroatoms. The molecule has 2 N–H and O–H groups in total. The second-order valence-electron chi connectivity index (χ2n) is 4.45. The summed E-state index contributed by atoms with van der Waals surface area (Å²) in [6, 6.07) is 4.69. The lowest BCUT2D eigenvalue weighted by Gasteiger charge is -2.16. The van der Waals surface area contributed by atoms with Crippen LogP contribution in [-0.2, 0) is 9.59 Å². The molecule has 19 heavy (non-hydrogen) atoms. The van der Waals surface area contributed by atoms with Gasteiger partial charge in [0.1, 0.15) is 11.9 Å². The Morgan fingerprint density at radius 2 is 1.84 bits per heavy atom. The summed E-state index contributed by atoms with van der Waals surface area (Å²) >= 11 is 0. The SMILES string of the molecule is CC(C)[C@@H](NC(=O)/C=C/c1ccc(F)cc1)C(=O)O. The first kappa shape index (κ1) is 14.9. The smallest absolute Gasteiger partial charge is 0.326 e. The highest BCUT2D eigenvalue weighted by Crippen LogP contribution is 2.05. The Bertz CT molecular complexity index is 480. The number of carboxylic acids is 1. The van der Waals surface area contributed by atoms with E-state index in [1.807, 2.05) is 0 Å². The molecule has 0 saturated heterocycles. The molecule has 0 aliphatic heterocycles. The minimum atomic E-state index is -1.07. The van der Waals surface area contributed by atoms with Crippen LogP contribution in [0.25, 0.3) is 6.08 Å². The lowest BCUT2D eigenvalue weighted by molar-refractivity contribution is -0.142. The molecule has 0 fully saturated rings. The lowest BCUT2D eigenvalue weighted by Crippen LogP contribution is -2.43. The summed E-state index contributed by atoms with van der Waals surface area (Å²) in [4.78, 5) is 22.5. The number of nitrogens with one attached hydrogen (secondary N) is 1. The maximum absolute atomic E-state index is 12.7. The van der Waals surface area contributed by atoms with Gasteiger partial charge in [0.15, 0.2) is 0 Å². The second kappa shape index (κ2) is 6.68. The Morgan fingerprint density at radius 3 is 2.32 bits per heavy atom. The van der Waals surface area contributed by atoms with Crippen molar-refractivity contribution in [3.8, 4) is 0 Å². The van der Waals surface area contributed by atoms with Crippen molar-refractivity contribution in [2.45, 2.75) is 19.9 Å². The second-order valence-corrected chi connectivity index (χ2v) is 4.45. The van der Waals surface area contributed by atoms with Crippen LogP contribution in [0.1, 0.15) is 19.4 Å². The van der Waals surface area contributed by atoms with E-state index in [0.717, 1.165) is 0 Å². The summed E-state index contributed by atoms with van der Waals surface area (Å²) in [6.07, 6.45) is 2.72. The molecule has 1 amide bonds. The summed E-state index contributed by atoms with van der Waals surface area (Å²) in [5.74, 6) is -2.13. The van der Waals surface area contributed by atoms with Gasteiger partial charge < -0.3 is 10.4 Å². The van der Waals surface area contributed by atoms with Gasteiger partial charge in [0.2, 0.25) is 5.91 Å². The third-order valence-corrected chi connectivity index (χ3v) is 2.53. The van der Waals surface area contributed by atoms with E-state index in [1.54, 1.807) is 13.8 Å². The summed E-state index contributed by atoms with van der Waals surface area (Å²) in [5, 5.41) is 11.3. The number of carbonyl (C=O) groups is 2. The van der Waals surface area contributed by atoms with Crippen LogP contribution < -0.4 is 5.32 Å². The number of aliphatic carboxylic acids is 1. The number of rotatable bonds is 5. The van der Waals surface area contributed by atoms with Gasteiger partial charge in [-0.2, -0.15) is 0 Å². The molecule has 1 aromatic carbocycles. The third-order valence-electron chi connectivity index (χ3n) is 2.53. The van der Waals surface area contributed by atoms with Gasteiger partial charge in [0.25, 0.3) is 0 Å². The molecular weight excluding hydrogens is 249 g/mol. The van der Waals surface area contributed by atoms with Crippen molar-refractivity contribution in [2.24, 2.45) is 5.92 Å². The lowest BCUT2D eigenvalue weighted by atomic mass is 10.0. The summed E-state index contributed by atoms with van der Waals surface area (Å²) < 4.78 is 12.7. The molecule has 0 bridgehead atoms. The topological polar surface area (TPSA) is 66.4 Å². The number of hydrogen-bond acceptors (Lipinski definition) is 2. The first-order valence-electron chi connectivity index (χ1n) is 5.87. The maximum Gasteiger partial charge on any atom is 0.326 e. The van der Waals surface area contributed by atoms with E-state index in [0.29, 0.717) is 5.56 Å². The molecular formula is C14H16FNO3. The third kappa shape index (κ3) is 4.91. The van der Waals surface area contributed by atoms with Crippen LogP contribution in [0.15, 0.2) is 30.3 Å². The quantitative estimate of drug-likeness (QED) is 0.801. The fraction of sp³-hybridized carbons (Fsp3) is 0.286. The van der Waals surface area contributed by atoms with Gasteiger partial charge in [-0.15, -0.1) is 0 Å². The average molecular weight is 265 g/mol. The number of hydrogen-bond donors (Lipinski definition) is 2. The van der Waals surface area contributed by atoms with Crippen LogP contribution in [0.2, 0.25) is 0 Å². The summed E-state index contributed by atoms with van der Waals surface area (Å²) in [5.41, 5.74) is 0.660. The van der Waals surface area contributed by atoms with Gasteiger partial charge in [-0.25, -0.2) is 9.18 Å². The molecule has 0 aromatic heterocycles. The highest BCUT2D eigenvalue weighted by atomic mass is 19.1. The molecule has 102 valence electrons. The number of carbonyl (C=O) groups excluding carboxylic acids is 1. The normalized spacial score (nSPS) is 12.6. The highest BCUT2D eigenvalue weighted by Gasteiger charge is 2.22. The first-order valence-corrected chi connectivity index (χ1v) is 5.87. The predicted molar refractivity (Wildman–Crippen MR) is 69.8 cm³/mol. The number of carboxylic acid groups (broad SMARTS) is 1. The fourth-order valence-corrected chi connectivity index (χ4v) is 1.46. The van der Waals surface area contributed by atoms with Crippen LogP contribution in [0.5, 0.6) is 0 Å². The molecule has 1 atom stereocenters. The Balaban J connectivity index is 2.64. The molecule has 0 spiro atoms. The molecule has 0 heterocycles. The Kier molecular flexibility index (Phi) is 5.23. The van der Waals surface area contributed by atoms with Crippen LogP contribution in [0.4, 0.5) is 4.39 Å². The summed E-state index contributed by atoms with van der Waals surface area (Å²) in [6.45, 7) is 3.42. The zero-order valence-electron chi connectivity index (χ0n) is 10.8. The van der Waals surface area contributed by atoms with Crippen LogP contribution in [0.3, 0.4) is 0 Å². The Labute approximate surface area is 110 Å². The largest absolute Gasteiger partial charge is 0.480 e. The zero-order valence-corrected chi connectivity index (χ0v) is 10.8. The van der Waals surface area contributed by atoms with E-state index in [2.05, 4.69) is 5.32 Å². The highest BCUT2D eigenvalue weighted by molar-refractivity contribution is 5.94.